The van der Waals surface area contributed by atoms with Crippen molar-refractivity contribution in [3.63, 3.8) is 0 Å². The highest BCUT2D eigenvalue weighted by Crippen LogP contribution is 2.26. The highest BCUT2D eigenvalue weighted by molar-refractivity contribution is 7.89. The molecule has 0 N–H and O–H groups in total. The first-order chi connectivity index (χ1) is 9.95. The number of hydrogen-bond donors (Lipinski definition) is 0. The molecule has 116 valence electrons. The Kier molecular flexibility index (Phi) is 4.08. The van der Waals surface area contributed by atoms with E-state index < -0.39 is 10.0 Å². The molecule has 0 saturated carbocycles. The minimum Gasteiger partial charge on any atom is -0.293 e. The summed E-state index contributed by atoms with van der Waals surface area (Å²) in [5.74, 6) is 0.457. The van der Waals surface area contributed by atoms with Crippen LogP contribution in [-0.4, -0.2) is 49.1 Å². The first-order valence-corrected chi connectivity index (χ1v) is 9.35. The van der Waals surface area contributed by atoms with Crippen LogP contribution >= 0.6 is 0 Å². The second-order valence-electron chi connectivity index (χ2n) is 6.63. The molecule has 0 aliphatic carbocycles. The molecule has 1 fully saturated rings. The number of sulfonamides is 1. The predicted octanol–water partition coefficient (Wildman–Crippen LogP) is 1.71. The second-order valence-corrected chi connectivity index (χ2v) is 8.65. The molecule has 1 saturated heterocycles. The van der Waals surface area contributed by atoms with E-state index in [2.05, 4.69) is 29.2 Å². The van der Waals surface area contributed by atoms with Gasteiger partial charge in [0.05, 0.1) is 5.75 Å². The van der Waals surface area contributed by atoms with Gasteiger partial charge < -0.3 is 0 Å². The molecule has 0 unspecified atom stereocenters. The molecule has 1 aromatic carbocycles. The van der Waals surface area contributed by atoms with Crippen molar-refractivity contribution in [1.29, 1.82) is 0 Å². The zero-order valence-electron chi connectivity index (χ0n) is 12.8. The second kappa shape index (κ2) is 5.71. The van der Waals surface area contributed by atoms with Crippen LogP contribution in [0.5, 0.6) is 0 Å². The fourth-order valence-electron chi connectivity index (χ4n) is 3.23. The lowest BCUT2D eigenvalue weighted by molar-refractivity contribution is 0.0767. The summed E-state index contributed by atoms with van der Waals surface area (Å²) >= 11 is 0. The van der Waals surface area contributed by atoms with E-state index in [-0.39, 0.29) is 11.7 Å². The van der Waals surface area contributed by atoms with E-state index in [1.165, 1.54) is 11.1 Å². The molecule has 0 amide bonds. The largest absolute Gasteiger partial charge is 0.293 e. The smallest absolute Gasteiger partial charge is 0.214 e. The van der Waals surface area contributed by atoms with Crippen LogP contribution in [0.1, 0.15) is 25.0 Å². The highest BCUT2D eigenvalue weighted by atomic mass is 32.2. The monoisotopic (exact) mass is 308 g/mol. The quantitative estimate of drug-likeness (QED) is 0.850. The number of fused-ring (bicyclic) bond motifs is 1. The zero-order chi connectivity index (χ0) is 15.0. The van der Waals surface area contributed by atoms with Gasteiger partial charge in [0.15, 0.2) is 0 Å². The van der Waals surface area contributed by atoms with Gasteiger partial charge in [-0.15, -0.1) is 0 Å². The standard InChI is InChI=1S/C16H24N2O2S/c1-13(2)12-21(19,20)18-10-16(11-18)17-8-7-14-5-3-4-6-15(14)9-17/h3-6,13,16H,7-12H2,1-2H3. The van der Waals surface area contributed by atoms with Crippen LogP contribution in [0.4, 0.5) is 0 Å². The van der Waals surface area contributed by atoms with Crippen molar-refractivity contribution in [3.8, 4) is 0 Å². The molecule has 0 spiro atoms. The molecule has 0 radical (unpaired) electrons. The van der Waals surface area contributed by atoms with Crippen LogP contribution in [0.25, 0.3) is 0 Å². The molecule has 3 rings (SSSR count). The van der Waals surface area contributed by atoms with Crippen LogP contribution in [0, 0.1) is 5.92 Å². The van der Waals surface area contributed by atoms with Gasteiger partial charge in [0.2, 0.25) is 10.0 Å². The van der Waals surface area contributed by atoms with Crippen molar-refractivity contribution in [3.05, 3.63) is 35.4 Å². The van der Waals surface area contributed by atoms with Gasteiger partial charge in [-0.1, -0.05) is 38.1 Å². The summed E-state index contributed by atoms with van der Waals surface area (Å²) in [6.07, 6.45) is 1.07. The molecule has 0 bridgehead atoms. The fourth-order valence-corrected chi connectivity index (χ4v) is 5.08. The Morgan fingerprint density at radius 2 is 1.86 bits per heavy atom. The molecule has 1 aromatic rings. The van der Waals surface area contributed by atoms with E-state index >= 15 is 0 Å². The zero-order valence-corrected chi connectivity index (χ0v) is 13.6. The van der Waals surface area contributed by atoms with Gasteiger partial charge in [0.1, 0.15) is 0 Å². The first kappa shape index (κ1) is 15.0. The van der Waals surface area contributed by atoms with E-state index in [9.17, 15) is 8.42 Å². The van der Waals surface area contributed by atoms with E-state index in [1.54, 1.807) is 4.31 Å². The minimum absolute atomic E-state index is 0.191. The molecule has 2 heterocycles. The topological polar surface area (TPSA) is 40.6 Å². The van der Waals surface area contributed by atoms with Crippen LogP contribution in [0.3, 0.4) is 0 Å². The summed E-state index contributed by atoms with van der Waals surface area (Å²) < 4.78 is 26.0. The van der Waals surface area contributed by atoms with Crippen molar-refractivity contribution < 1.29 is 8.42 Å². The van der Waals surface area contributed by atoms with Crippen LogP contribution < -0.4 is 0 Å². The van der Waals surface area contributed by atoms with E-state index in [0.717, 1.165) is 19.5 Å². The maximum atomic E-state index is 12.2. The molecule has 5 heteroatoms. The Morgan fingerprint density at radius 3 is 2.52 bits per heavy atom. The summed E-state index contributed by atoms with van der Waals surface area (Å²) in [6, 6.07) is 8.96. The van der Waals surface area contributed by atoms with Crippen molar-refractivity contribution >= 4 is 10.0 Å². The Balaban J connectivity index is 1.58. The molecule has 2 aliphatic heterocycles. The van der Waals surface area contributed by atoms with Gasteiger partial charge in [-0.2, -0.15) is 4.31 Å². The lowest BCUT2D eigenvalue weighted by Crippen LogP contribution is -2.62. The van der Waals surface area contributed by atoms with Gasteiger partial charge in [0, 0.05) is 32.2 Å². The average molecular weight is 308 g/mol. The third-order valence-corrected chi connectivity index (χ3v) is 6.62. The fraction of sp³-hybridized carbons (Fsp3) is 0.625. The summed E-state index contributed by atoms with van der Waals surface area (Å²) in [6.45, 7) is 7.24. The third-order valence-electron chi connectivity index (χ3n) is 4.44. The first-order valence-electron chi connectivity index (χ1n) is 7.74. The van der Waals surface area contributed by atoms with Gasteiger partial charge in [-0.05, 0) is 23.5 Å². The van der Waals surface area contributed by atoms with Crippen molar-refractivity contribution in [2.24, 2.45) is 5.92 Å². The summed E-state index contributed by atoms with van der Waals surface area (Å²) in [5.41, 5.74) is 2.84. The van der Waals surface area contributed by atoms with Gasteiger partial charge in [-0.3, -0.25) is 4.90 Å². The maximum Gasteiger partial charge on any atom is 0.214 e. The number of hydrogen-bond acceptors (Lipinski definition) is 3. The van der Waals surface area contributed by atoms with Crippen LogP contribution in [0.2, 0.25) is 0 Å². The van der Waals surface area contributed by atoms with E-state index in [0.29, 0.717) is 19.1 Å². The Hall–Kier alpha value is -0.910. The molecule has 0 aromatic heterocycles. The number of nitrogens with zero attached hydrogens (tertiary/aromatic N) is 2. The summed E-state index contributed by atoms with van der Waals surface area (Å²) in [4.78, 5) is 2.43. The number of rotatable bonds is 4. The Labute approximate surface area is 127 Å². The maximum absolute atomic E-state index is 12.2. The van der Waals surface area contributed by atoms with Crippen molar-refractivity contribution in [2.75, 3.05) is 25.4 Å². The minimum atomic E-state index is -3.05. The van der Waals surface area contributed by atoms with Gasteiger partial charge in [-0.25, -0.2) is 8.42 Å². The highest BCUT2D eigenvalue weighted by Gasteiger charge is 2.39. The average Bonchev–Trinajstić information content (AvgIpc) is 2.34. The summed E-state index contributed by atoms with van der Waals surface area (Å²) in [5, 5.41) is 0. The summed E-state index contributed by atoms with van der Waals surface area (Å²) in [7, 11) is -3.05. The molecular formula is C16H24N2O2S. The van der Waals surface area contributed by atoms with Gasteiger partial charge >= 0.3 is 0 Å². The van der Waals surface area contributed by atoms with Crippen LogP contribution in [-0.2, 0) is 23.0 Å². The SMILES string of the molecule is CC(C)CS(=O)(=O)N1CC(N2CCc3ccccc3C2)C1. The third kappa shape index (κ3) is 3.15. The molecule has 2 aliphatic rings. The predicted molar refractivity (Wildman–Crippen MR) is 84.5 cm³/mol. The molecular weight excluding hydrogens is 284 g/mol. The van der Waals surface area contributed by atoms with Crippen molar-refractivity contribution in [2.45, 2.75) is 32.9 Å². The molecule has 0 atom stereocenters. The molecule has 4 nitrogen and oxygen atoms in total. The van der Waals surface area contributed by atoms with Crippen molar-refractivity contribution in [1.82, 2.24) is 9.21 Å². The number of benzene rings is 1. The van der Waals surface area contributed by atoms with E-state index in [1.807, 2.05) is 13.8 Å². The Morgan fingerprint density at radius 1 is 1.19 bits per heavy atom. The van der Waals surface area contributed by atoms with Crippen LogP contribution in [0.15, 0.2) is 24.3 Å². The Bertz CT molecular complexity index is 606. The van der Waals surface area contributed by atoms with Gasteiger partial charge in [0.25, 0.3) is 0 Å². The molecule has 21 heavy (non-hydrogen) atoms. The lowest BCUT2D eigenvalue weighted by Gasteiger charge is -2.46. The van der Waals surface area contributed by atoms with E-state index in [4.69, 9.17) is 0 Å². The normalized spacial score (nSPS) is 21.3. The lowest BCUT2D eigenvalue weighted by atomic mass is 9.97.